The van der Waals surface area contributed by atoms with Gasteiger partial charge in [0.1, 0.15) is 13.2 Å². The molecule has 9 heteroatoms. The van der Waals surface area contributed by atoms with Crippen LogP contribution in [0.4, 0.5) is 5.69 Å². The van der Waals surface area contributed by atoms with E-state index >= 15 is 0 Å². The van der Waals surface area contributed by atoms with Crippen molar-refractivity contribution in [2.75, 3.05) is 38.2 Å². The second kappa shape index (κ2) is 8.40. The fraction of sp³-hybridized carbons (Fsp3) is 0.350. The summed E-state index contributed by atoms with van der Waals surface area (Å²) in [6.07, 6.45) is 0.670. The molecule has 1 saturated heterocycles. The van der Waals surface area contributed by atoms with Crippen molar-refractivity contribution in [2.45, 2.75) is 13.0 Å². The first-order valence-electron chi connectivity index (χ1n) is 9.51. The van der Waals surface area contributed by atoms with E-state index < -0.39 is 16.1 Å². The van der Waals surface area contributed by atoms with Crippen LogP contribution in [0.1, 0.15) is 12.0 Å². The maximum absolute atomic E-state index is 12.9. The molecule has 2 aliphatic rings. The molecule has 0 atom stereocenters. The van der Waals surface area contributed by atoms with Gasteiger partial charge in [-0.05, 0) is 24.1 Å². The summed E-state index contributed by atoms with van der Waals surface area (Å²) in [6.45, 7) is 1.77. The third kappa shape index (κ3) is 4.52. The first-order chi connectivity index (χ1) is 14.0. The molecule has 0 radical (unpaired) electrons. The van der Waals surface area contributed by atoms with Crippen molar-refractivity contribution < 1.29 is 22.7 Å². The molecule has 1 N–H and O–H groups in total. The Morgan fingerprint density at radius 1 is 0.966 bits per heavy atom. The molecule has 0 spiro atoms. The van der Waals surface area contributed by atoms with Crippen LogP contribution in [0.25, 0.3) is 0 Å². The number of hydrogen-bond acceptors (Lipinski definition) is 5. The number of nitrogens with one attached hydrogen (secondary N) is 1. The van der Waals surface area contributed by atoms with Crippen molar-refractivity contribution in [1.82, 2.24) is 8.61 Å². The zero-order chi connectivity index (χ0) is 20.3. The second-order valence-corrected chi connectivity index (χ2v) is 8.85. The van der Waals surface area contributed by atoms with Crippen LogP contribution >= 0.6 is 0 Å². The van der Waals surface area contributed by atoms with E-state index in [1.165, 1.54) is 8.61 Å². The molecule has 154 valence electrons. The van der Waals surface area contributed by atoms with E-state index in [1.54, 1.807) is 18.2 Å². The van der Waals surface area contributed by atoms with E-state index in [-0.39, 0.29) is 6.54 Å². The van der Waals surface area contributed by atoms with Crippen molar-refractivity contribution in [3.8, 4) is 11.5 Å². The lowest BCUT2D eigenvalue weighted by Gasteiger charge is -2.34. The summed E-state index contributed by atoms with van der Waals surface area (Å²) in [5.41, 5.74) is 1.45. The number of rotatable bonds is 5. The highest BCUT2D eigenvalue weighted by Crippen LogP contribution is 2.32. The Kier molecular flexibility index (Phi) is 5.70. The number of nitrogens with zero attached hydrogens (tertiary/aromatic N) is 2. The fourth-order valence-corrected chi connectivity index (χ4v) is 5.05. The molecule has 0 aromatic heterocycles. The minimum atomic E-state index is -3.70. The number of carbonyl (C=O) groups is 1. The SMILES string of the molecule is O=C(CN1CCCN(Cc2ccccc2)S1(=O)=O)Nc1ccc2c(c1)OCCO2. The average Bonchev–Trinajstić information content (AvgIpc) is 2.72. The Morgan fingerprint density at radius 3 is 2.48 bits per heavy atom. The predicted octanol–water partition coefficient (Wildman–Crippen LogP) is 1.85. The van der Waals surface area contributed by atoms with Crippen molar-refractivity contribution in [2.24, 2.45) is 0 Å². The summed E-state index contributed by atoms with van der Waals surface area (Å²) >= 11 is 0. The summed E-state index contributed by atoms with van der Waals surface area (Å²) in [6, 6.07) is 14.5. The minimum Gasteiger partial charge on any atom is -0.486 e. The van der Waals surface area contributed by atoms with Gasteiger partial charge >= 0.3 is 0 Å². The topological polar surface area (TPSA) is 88.2 Å². The fourth-order valence-electron chi connectivity index (χ4n) is 3.41. The van der Waals surface area contributed by atoms with Gasteiger partial charge in [-0.2, -0.15) is 17.0 Å². The summed E-state index contributed by atoms with van der Waals surface area (Å²) in [7, 11) is -3.70. The van der Waals surface area contributed by atoms with Crippen molar-refractivity contribution >= 4 is 21.8 Å². The molecule has 2 aromatic rings. The van der Waals surface area contributed by atoms with Gasteiger partial charge in [0.05, 0.1) is 6.54 Å². The maximum Gasteiger partial charge on any atom is 0.282 e. The highest BCUT2D eigenvalue weighted by Gasteiger charge is 2.34. The molecular formula is C20H23N3O5S. The molecule has 8 nitrogen and oxygen atoms in total. The highest BCUT2D eigenvalue weighted by atomic mass is 32.2. The van der Waals surface area contributed by atoms with Crippen LogP contribution < -0.4 is 14.8 Å². The maximum atomic E-state index is 12.9. The molecule has 2 heterocycles. The molecule has 4 rings (SSSR count). The van der Waals surface area contributed by atoms with Gasteiger partial charge in [0, 0.05) is 31.4 Å². The van der Waals surface area contributed by atoms with E-state index in [9.17, 15) is 13.2 Å². The van der Waals surface area contributed by atoms with Gasteiger partial charge in [0.25, 0.3) is 10.2 Å². The van der Waals surface area contributed by atoms with Crippen LogP contribution in [0, 0.1) is 0 Å². The standard InChI is InChI=1S/C20H23N3O5S/c24-20(21-17-7-8-18-19(13-17)28-12-11-27-18)15-23-10-4-9-22(29(23,25)26)14-16-5-2-1-3-6-16/h1-3,5-8,13H,4,9-12,14-15H2,(H,21,24). The quantitative estimate of drug-likeness (QED) is 0.802. The molecule has 1 amide bonds. The first kappa shape index (κ1) is 19.7. The number of fused-ring (bicyclic) bond motifs is 1. The summed E-state index contributed by atoms with van der Waals surface area (Å²) in [5, 5.41) is 2.74. The van der Waals surface area contributed by atoms with E-state index in [0.29, 0.717) is 56.5 Å². The largest absolute Gasteiger partial charge is 0.486 e. The second-order valence-electron chi connectivity index (χ2n) is 6.92. The van der Waals surface area contributed by atoms with Crippen LogP contribution in [-0.2, 0) is 21.5 Å². The molecule has 2 aliphatic heterocycles. The van der Waals surface area contributed by atoms with Crippen LogP contribution in [0.3, 0.4) is 0 Å². The number of benzene rings is 2. The minimum absolute atomic E-state index is 0.234. The highest BCUT2D eigenvalue weighted by molar-refractivity contribution is 7.86. The molecule has 0 saturated carbocycles. The van der Waals surface area contributed by atoms with Crippen molar-refractivity contribution in [3.63, 3.8) is 0 Å². The Balaban J connectivity index is 1.41. The first-order valence-corrected chi connectivity index (χ1v) is 10.9. The molecule has 2 aromatic carbocycles. The van der Waals surface area contributed by atoms with E-state index in [4.69, 9.17) is 9.47 Å². The Morgan fingerprint density at radius 2 is 1.69 bits per heavy atom. The van der Waals surface area contributed by atoms with E-state index in [2.05, 4.69) is 5.32 Å². The lowest BCUT2D eigenvalue weighted by Crippen LogP contribution is -2.51. The van der Waals surface area contributed by atoms with Crippen LogP contribution in [0.2, 0.25) is 0 Å². The van der Waals surface area contributed by atoms with Gasteiger partial charge in [0.15, 0.2) is 11.5 Å². The van der Waals surface area contributed by atoms with Gasteiger partial charge in [0.2, 0.25) is 5.91 Å². The summed E-state index contributed by atoms with van der Waals surface area (Å²) in [4.78, 5) is 12.5. The normalized spacial score (nSPS) is 18.9. The molecular weight excluding hydrogens is 394 g/mol. The molecule has 0 aliphatic carbocycles. The molecule has 0 bridgehead atoms. The van der Waals surface area contributed by atoms with E-state index in [0.717, 1.165) is 5.56 Å². The van der Waals surface area contributed by atoms with Crippen LogP contribution in [-0.4, -0.2) is 55.8 Å². The predicted molar refractivity (Wildman–Crippen MR) is 108 cm³/mol. The number of hydrogen-bond donors (Lipinski definition) is 1. The summed E-state index contributed by atoms with van der Waals surface area (Å²) in [5.74, 6) is 0.796. The van der Waals surface area contributed by atoms with Crippen molar-refractivity contribution in [3.05, 3.63) is 54.1 Å². The third-order valence-electron chi connectivity index (χ3n) is 4.82. The van der Waals surface area contributed by atoms with E-state index in [1.807, 2.05) is 30.3 Å². The lowest BCUT2D eigenvalue weighted by molar-refractivity contribution is -0.116. The average molecular weight is 417 g/mol. The Hall–Kier alpha value is -2.62. The molecule has 1 fully saturated rings. The van der Waals surface area contributed by atoms with Crippen LogP contribution in [0.5, 0.6) is 11.5 Å². The third-order valence-corrected chi connectivity index (χ3v) is 6.74. The smallest absolute Gasteiger partial charge is 0.282 e. The Bertz CT molecular complexity index is 981. The van der Waals surface area contributed by atoms with Gasteiger partial charge in [-0.25, -0.2) is 0 Å². The van der Waals surface area contributed by atoms with Gasteiger partial charge in [-0.1, -0.05) is 30.3 Å². The lowest BCUT2D eigenvalue weighted by atomic mass is 10.2. The van der Waals surface area contributed by atoms with Crippen molar-refractivity contribution in [1.29, 1.82) is 0 Å². The van der Waals surface area contributed by atoms with Gasteiger partial charge in [-0.15, -0.1) is 0 Å². The summed E-state index contributed by atoms with van der Waals surface area (Å²) < 4.78 is 39.5. The number of ether oxygens (including phenoxy) is 2. The van der Waals surface area contributed by atoms with Gasteiger partial charge < -0.3 is 14.8 Å². The monoisotopic (exact) mass is 417 g/mol. The zero-order valence-electron chi connectivity index (χ0n) is 15.9. The molecule has 29 heavy (non-hydrogen) atoms. The molecule has 0 unspecified atom stereocenters. The zero-order valence-corrected chi connectivity index (χ0v) is 16.7. The van der Waals surface area contributed by atoms with Gasteiger partial charge in [-0.3, -0.25) is 4.79 Å². The van der Waals surface area contributed by atoms with Crippen LogP contribution in [0.15, 0.2) is 48.5 Å². The number of anilines is 1. The number of amides is 1. The Labute approximate surface area is 170 Å². The number of carbonyl (C=O) groups excluding carboxylic acids is 1.